The summed E-state index contributed by atoms with van der Waals surface area (Å²) in [7, 11) is 1.67. The summed E-state index contributed by atoms with van der Waals surface area (Å²) in [5, 5.41) is 3.94. The van der Waals surface area contributed by atoms with Gasteiger partial charge in [-0.05, 0) is 48.4 Å². The molecule has 0 bridgehead atoms. The first-order valence-corrected chi connectivity index (χ1v) is 10.1. The fraction of sp³-hybridized carbons (Fsp3) is 0.130. The summed E-state index contributed by atoms with van der Waals surface area (Å²) in [6.07, 6.45) is 1.81. The van der Waals surface area contributed by atoms with Gasteiger partial charge in [0, 0.05) is 18.3 Å². The number of rotatable bonds is 6. The molecular formula is C23H22N4OS. The predicted molar refractivity (Wildman–Crippen MR) is 120 cm³/mol. The number of pyridine rings is 1. The Bertz CT molecular complexity index is 1120. The number of ether oxygens (including phenoxy) is 1. The Morgan fingerprint density at radius 3 is 2.62 bits per heavy atom. The highest BCUT2D eigenvalue weighted by molar-refractivity contribution is 7.19. The Labute approximate surface area is 174 Å². The van der Waals surface area contributed by atoms with Crippen molar-refractivity contribution in [1.82, 2.24) is 9.97 Å². The van der Waals surface area contributed by atoms with Gasteiger partial charge < -0.3 is 15.8 Å². The molecule has 6 heteroatoms. The first kappa shape index (κ1) is 19.0. The fourth-order valence-electron chi connectivity index (χ4n) is 3.12. The number of benzene rings is 2. The summed E-state index contributed by atoms with van der Waals surface area (Å²) in [4.78, 5) is 10.1. The summed E-state index contributed by atoms with van der Waals surface area (Å²) >= 11 is 1.49. The molecule has 0 atom stereocenters. The van der Waals surface area contributed by atoms with Crippen molar-refractivity contribution < 1.29 is 4.74 Å². The van der Waals surface area contributed by atoms with E-state index in [4.69, 9.17) is 10.5 Å². The smallest absolute Gasteiger partial charge is 0.181 e. The van der Waals surface area contributed by atoms with Crippen LogP contribution in [-0.4, -0.2) is 17.1 Å². The van der Waals surface area contributed by atoms with Gasteiger partial charge in [0.05, 0.1) is 17.7 Å². The Balaban J connectivity index is 1.59. The minimum absolute atomic E-state index is 0.557. The zero-order valence-electron chi connectivity index (χ0n) is 16.3. The monoisotopic (exact) mass is 402 g/mol. The lowest BCUT2D eigenvalue weighted by atomic mass is 10.1. The Morgan fingerprint density at radius 2 is 1.86 bits per heavy atom. The Hall–Kier alpha value is -3.38. The summed E-state index contributed by atoms with van der Waals surface area (Å²) in [6, 6.07) is 20.3. The number of nitrogen functional groups attached to an aromatic ring is 1. The first-order valence-electron chi connectivity index (χ1n) is 9.29. The average molecular weight is 403 g/mol. The second-order valence-corrected chi connectivity index (χ2v) is 7.76. The second-order valence-electron chi connectivity index (χ2n) is 6.73. The van der Waals surface area contributed by atoms with Crippen LogP contribution >= 0.6 is 11.3 Å². The van der Waals surface area contributed by atoms with Crippen LogP contribution in [0.25, 0.3) is 21.7 Å². The van der Waals surface area contributed by atoms with E-state index in [9.17, 15) is 0 Å². The maximum absolute atomic E-state index is 6.05. The average Bonchev–Trinajstić information content (AvgIpc) is 3.15. The Morgan fingerprint density at radius 1 is 1.03 bits per heavy atom. The van der Waals surface area contributed by atoms with Gasteiger partial charge in [-0.1, -0.05) is 47.2 Å². The minimum Gasteiger partial charge on any atom is -0.497 e. The highest BCUT2D eigenvalue weighted by Gasteiger charge is 2.14. The van der Waals surface area contributed by atoms with E-state index in [-0.39, 0.29) is 0 Å². The molecule has 0 fully saturated rings. The van der Waals surface area contributed by atoms with E-state index < -0.39 is 0 Å². The molecule has 0 spiro atoms. The SMILES string of the molecule is COc1ccc(CNc2cc(-c3sc(N)nc3-c3cccc(C)c3)ccn2)cc1. The molecule has 0 aliphatic rings. The van der Waals surface area contributed by atoms with Gasteiger partial charge in [-0.2, -0.15) is 0 Å². The van der Waals surface area contributed by atoms with Gasteiger partial charge in [0.1, 0.15) is 11.6 Å². The van der Waals surface area contributed by atoms with Crippen molar-refractivity contribution in [2.45, 2.75) is 13.5 Å². The van der Waals surface area contributed by atoms with Crippen molar-refractivity contribution >= 4 is 22.3 Å². The van der Waals surface area contributed by atoms with Crippen LogP contribution in [0.3, 0.4) is 0 Å². The van der Waals surface area contributed by atoms with Crippen LogP contribution in [0.15, 0.2) is 66.9 Å². The molecule has 2 aromatic carbocycles. The molecule has 2 heterocycles. The Kier molecular flexibility index (Phi) is 5.44. The van der Waals surface area contributed by atoms with Crippen LogP contribution in [-0.2, 0) is 6.54 Å². The third-order valence-electron chi connectivity index (χ3n) is 4.59. The highest BCUT2D eigenvalue weighted by atomic mass is 32.1. The standard InChI is InChI=1S/C23H22N4OS/c1-15-4-3-5-17(12-15)21-22(29-23(24)27-21)18-10-11-25-20(13-18)26-14-16-6-8-19(28-2)9-7-16/h3-13H,14H2,1-2H3,(H2,24,27)(H,25,26). The normalized spacial score (nSPS) is 10.7. The van der Waals surface area contributed by atoms with Crippen molar-refractivity contribution in [3.63, 3.8) is 0 Å². The zero-order chi connectivity index (χ0) is 20.2. The molecule has 29 heavy (non-hydrogen) atoms. The summed E-state index contributed by atoms with van der Waals surface area (Å²) in [5.41, 5.74) is 11.4. The number of aryl methyl sites for hydroxylation is 1. The summed E-state index contributed by atoms with van der Waals surface area (Å²) in [5.74, 6) is 1.65. The summed E-state index contributed by atoms with van der Waals surface area (Å²) in [6.45, 7) is 2.75. The number of thiazole rings is 1. The number of methoxy groups -OCH3 is 1. The molecule has 0 saturated carbocycles. The van der Waals surface area contributed by atoms with E-state index in [0.717, 1.165) is 38.8 Å². The minimum atomic E-state index is 0.557. The van der Waals surface area contributed by atoms with Crippen LogP contribution in [0.2, 0.25) is 0 Å². The lowest BCUT2D eigenvalue weighted by Crippen LogP contribution is -2.01. The predicted octanol–water partition coefficient (Wildman–Crippen LogP) is 5.38. The topological polar surface area (TPSA) is 73.1 Å². The molecule has 0 unspecified atom stereocenters. The van der Waals surface area contributed by atoms with Crippen LogP contribution in [0.4, 0.5) is 10.9 Å². The second kappa shape index (κ2) is 8.32. The van der Waals surface area contributed by atoms with Crippen molar-refractivity contribution in [2.24, 2.45) is 0 Å². The number of nitrogens with one attached hydrogen (secondary N) is 1. The van der Waals surface area contributed by atoms with Gasteiger partial charge in [-0.15, -0.1) is 0 Å². The number of aromatic nitrogens is 2. The zero-order valence-corrected chi connectivity index (χ0v) is 17.2. The van der Waals surface area contributed by atoms with E-state index in [0.29, 0.717) is 11.7 Å². The molecule has 4 aromatic rings. The first-order chi connectivity index (χ1) is 14.1. The molecule has 0 aliphatic heterocycles. The molecule has 0 amide bonds. The maximum Gasteiger partial charge on any atom is 0.181 e. The van der Waals surface area contributed by atoms with Crippen LogP contribution in [0.1, 0.15) is 11.1 Å². The van der Waals surface area contributed by atoms with E-state index in [1.54, 1.807) is 7.11 Å². The lowest BCUT2D eigenvalue weighted by molar-refractivity contribution is 0.414. The van der Waals surface area contributed by atoms with Crippen molar-refractivity contribution in [2.75, 3.05) is 18.2 Å². The van der Waals surface area contributed by atoms with Gasteiger partial charge >= 0.3 is 0 Å². The molecule has 0 saturated heterocycles. The summed E-state index contributed by atoms with van der Waals surface area (Å²) < 4.78 is 5.21. The van der Waals surface area contributed by atoms with Crippen LogP contribution in [0, 0.1) is 6.92 Å². The third kappa shape index (κ3) is 4.38. The molecule has 4 rings (SSSR count). The van der Waals surface area contributed by atoms with Gasteiger partial charge in [0.15, 0.2) is 5.13 Å². The molecule has 2 aromatic heterocycles. The van der Waals surface area contributed by atoms with E-state index in [1.807, 2.05) is 48.7 Å². The number of hydrogen-bond acceptors (Lipinski definition) is 6. The fourth-order valence-corrected chi connectivity index (χ4v) is 3.98. The van der Waals surface area contributed by atoms with Crippen LogP contribution in [0.5, 0.6) is 5.75 Å². The highest BCUT2D eigenvalue weighted by Crippen LogP contribution is 2.38. The number of hydrogen-bond donors (Lipinski definition) is 2. The van der Waals surface area contributed by atoms with Crippen LogP contribution < -0.4 is 15.8 Å². The molecule has 146 valence electrons. The quantitative estimate of drug-likeness (QED) is 0.453. The lowest BCUT2D eigenvalue weighted by Gasteiger charge is -2.09. The third-order valence-corrected chi connectivity index (χ3v) is 5.52. The molecule has 5 nitrogen and oxygen atoms in total. The molecule has 3 N–H and O–H groups in total. The van der Waals surface area contributed by atoms with Crippen molar-refractivity contribution in [1.29, 1.82) is 0 Å². The molecule has 0 aliphatic carbocycles. The van der Waals surface area contributed by atoms with E-state index in [2.05, 4.69) is 40.4 Å². The molecular weight excluding hydrogens is 380 g/mol. The van der Waals surface area contributed by atoms with E-state index in [1.165, 1.54) is 16.9 Å². The van der Waals surface area contributed by atoms with Gasteiger partial charge in [-0.25, -0.2) is 9.97 Å². The van der Waals surface area contributed by atoms with Gasteiger partial charge in [0.2, 0.25) is 0 Å². The van der Waals surface area contributed by atoms with Crippen molar-refractivity contribution in [3.8, 4) is 27.4 Å². The van der Waals surface area contributed by atoms with Gasteiger partial charge in [-0.3, -0.25) is 0 Å². The number of nitrogens with zero attached hydrogens (tertiary/aromatic N) is 2. The van der Waals surface area contributed by atoms with Gasteiger partial charge in [0.25, 0.3) is 0 Å². The van der Waals surface area contributed by atoms with Crippen molar-refractivity contribution in [3.05, 3.63) is 78.0 Å². The largest absolute Gasteiger partial charge is 0.497 e. The number of anilines is 2. The number of nitrogens with two attached hydrogens (primary N) is 1. The van der Waals surface area contributed by atoms with E-state index >= 15 is 0 Å². The molecule has 0 radical (unpaired) electrons. The maximum atomic E-state index is 6.05.